The number of anilines is 5. The zero-order chi connectivity index (χ0) is 31.9. The number of benzene rings is 1. The number of carbonyl (C=O) groups is 1. The minimum Gasteiger partial charge on any atom is -0.494 e. The monoisotopic (exact) mass is 668 g/mol. The number of aromatic nitrogens is 3. The number of carbonyl (C=O) groups excluding carboxylic acids is 1. The van der Waals surface area contributed by atoms with Crippen LogP contribution in [-0.2, 0) is 10.2 Å². The third-order valence-electron chi connectivity index (χ3n) is 7.89. The van der Waals surface area contributed by atoms with E-state index in [2.05, 4.69) is 45.0 Å². The van der Waals surface area contributed by atoms with E-state index in [0.717, 1.165) is 17.8 Å². The fraction of sp³-hybridized carbons (Fsp3) is 0.467. The first-order valence-corrected chi connectivity index (χ1v) is 15.2. The molecule has 0 aliphatic carbocycles. The van der Waals surface area contributed by atoms with Crippen LogP contribution >= 0.6 is 15.9 Å². The van der Waals surface area contributed by atoms with Crippen LogP contribution in [0.15, 0.2) is 35.1 Å². The summed E-state index contributed by atoms with van der Waals surface area (Å²) in [6, 6.07) is 7.18. The molecule has 44 heavy (non-hydrogen) atoms. The van der Waals surface area contributed by atoms with E-state index in [1.165, 1.54) is 19.4 Å². The number of rotatable bonds is 9. The van der Waals surface area contributed by atoms with Gasteiger partial charge in [-0.05, 0) is 62.4 Å². The number of esters is 1. The number of nitro groups is 1. The first-order chi connectivity index (χ1) is 20.8. The Bertz CT molecular complexity index is 1600. The highest BCUT2D eigenvalue weighted by atomic mass is 79.9. The molecule has 13 nitrogen and oxygen atoms in total. The van der Waals surface area contributed by atoms with E-state index in [-0.39, 0.29) is 28.7 Å². The van der Waals surface area contributed by atoms with Gasteiger partial charge in [0.05, 0.1) is 35.2 Å². The van der Waals surface area contributed by atoms with Gasteiger partial charge in [0.15, 0.2) is 5.82 Å². The second-order valence-electron chi connectivity index (χ2n) is 12.1. The minimum atomic E-state index is -0.558. The Morgan fingerprint density at radius 3 is 2.61 bits per heavy atom. The number of halogens is 1. The van der Waals surface area contributed by atoms with Crippen molar-refractivity contribution in [3.8, 4) is 5.75 Å². The highest BCUT2D eigenvalue weighted by molar-refractivity contribution is 9.10. The molecule has 1 atom stereocenters. The summed E-state index contributed by atoms with van der Waals surface area (Å²) in [5.74, 6) is 0.304. The summed E-state index contributed by atoms with van der Waals surface area (Å²) in [6.07, 6.45) is 1.96. The maximum absolute atomic E-state index is 13.2. The molecule has 2 aliphatic heterocycles. The lowest BCUT2D eigenvalue weighted by Crippen LogP contribution is -2.31. The van der Waals surface area contributed by atoms with E-state index in [4.69, 9.17) is 19.4 Å². The lowest BCUT2D eigenvalue weighted by Gasteiger charge is -2.24. The highest BCUT2D eigenvalue weighted by Gasteiger charge is 2.40. The molecule has 2 aromatic heterocycles. The van der Waals surface area contributed by atoms with Crippen molar-refractivity contribution in [1.82, 2.24) is 19.9 Å². The van der Waals surface area contributed by atoms with Crippen molar-refractivity contribution in [3.05, 3.63) is 56.4 Å². The number of nitrogens with one attached hydrogen (secondary N) is 1. The number of fused-ring (bicyclic) bond motifs is 1. The molecule has 4 heterocycles. The van der Waals surface area contributed by atoms with Gasteiger partial charge in [0.2, 0.25) is 5.95 Å². The summed E-state index contributed by atoms with van der Waals surface area (Å²) in [4.78, 5) is 45.0. The zero-order valence-corrected chi connectivity index (χ0v) is 27.5. The Hall–Kier alpha value is -4.04. The van der Waals surface area contributed by atoms with Crippen LogP contribution in [0.4, 0.5) is 34.5 Å². The Balaban J connectivity index is 1.56. The molecule has 0 spiro atoms. The topological polar surface area (TPSA) is 139 Å². The van der Waals surface area contributed by atoms with E-state index in [1.807, 2.05) is 36.0 Å². The number of nitro benzene ring substituents is 1. The molecule has 2 aliphatic rings. The molecule has 0 bridgehead atoms. The SMILES string of the molecule is COc1cc(N2CC[C@@H](N(C)C)C2)c([N+](=O)[O-])cc1Nc1ncc(C(=O)OC(C)C)c(N2CC(C)(C)c3nc(Br)ccc32)n1. The van der Waals surface area contributed by atoms with Crippen LogP contribution in [0.3, 0.4) is 0 Å². The predicted molar refractivity (Wildman–Crippen MR) is 172 cm³/mol. The molecular weight excluding hydrogens is 632 g/mol. The summed E-state index contributed by atoms with van der Waals surface area (Å²) in [5, 5.41) is 15.3. The maximum Gasteiger partial charge on any atom is 0.343 e. The van der Waals surface area contributed by atoms with Gasteiger partial charge in [-0.1, -0.05) is 13.8 Å². The summed E-state index contributed by atoms with van der Waals surface area (Å²) in [5.41, 5.74) is 2.26. The molecule has 1 N–H and O–H groups in total. The molecule has 234 valence electrons. The summed E-state index contributed by atoms with van der Waals surface area (Å²) in [6.45, 7) is 9.56. The second kappa shape index (κ2) is 12.2. The number of likely N-dealkylation sites (N-methyl/N-ethyl adjacent to an activating group) is 1. The van der Waals surface area contributed by atoms with Crippen LogP contribution in [0.5, 0.6) is 5.75 Å². The Morgan fingerprint density at radius 1 is 1.23 bits per heavy atom. The fourth-order valence-corrected chi connectivity index (χ4v) is 5.98. The average molecular weight is 670 g/mol. The van der Waals surface area contributed by atoms with Gasteiger partial charge in [-0.15, -0.1) is 0 Å². The lowest BCUT2D eigenvalue weighted by molar-refractivity contribution is -0.384. The van der Waals surface area contributed by atoms with Crippen LogP contribution < -0.4 is 19.9 Å². The van der Waals surface area contributed by atoms with E-state index < -0.39 is 10.9 Å². The third kappa shape index (κ3) is 6.13. The fourth-order valence-electron chi connectivity index (χ4n) is 5.67. The molecule has 14 heteroatoms. The van der Waals surface area contributed by atoms with E-state index in [0.29, 0.717) is 53.2 Å². The molecule has 0 unspecified atom stereocenters. The summed E-state index contributed by atoms with van der Waals surface area (Å²) < 4.78 is 11.9. The van der Waals surface area contributed by atoms with Gasteiger partial charge in [0.1, 0.15) is 21.6 Å². The van der Waals surface area contributed by atoms with Crippen molar-refractivity contribution in [2.45, 2.75) is 51.7 Å². The predicted octanol–water partition coefficient (Wildman–Crippen LogP) is 5.43. The zero-order valence-electron chi connectivity index (χ0n) is 25.9. The van der Waals surface area contributed by atoms with Gasteiger partial charge >= 0.3 is 5.97 Å². The second-order valence-corrected chi connectivity index (χ2v) is 12.9. The van der Waals surface area contributed by atoms with Crippen LogP contribution in [0.25, 0.3) is 0 Å². The molecule has 1 aromatic carbocycles. The Kier molecular flexibility index (Phi) is 8.67. The quantitative estimate of drug-likeness (QED) is 0.135. The standard InChI is InChI=1S/C30H37BrN8O5/c1-17(2)44-28(40)19-14-32-29(35-27(19)38-16-30(3,4)26-21(38)8-9-25(31)34-26)33-20-12-23(39(41)42)22(13-24(20)43-7)37-11-10-18(15-37)36(5)6/h8-9,12-14,17-18H,10-11,15-16H2,1-7H3,(H,32,33,35)/t18-/m1/s1. The summed E-state index contributed by atoms with van der Waals surface area (Å²) >= 11 is 3.47. The van der Waals surface area contributed by atoms with Gasteiger partial charge < -0.3 is 29.5 Å². The van der Waals surface area contributed by atoms with E-state index >= 15 is 0 Å². The van der Waals surface area contributed by atoms with Crippen molar-refractivity contribution in [2.75, 3.05) is 56.0 Å². The Morgan fingerprint density at radius 2 is 1.98 bits per heavy atom. The Labute approximate surface area is 264 Å². The largest absolute Gasteiger partial charge is 0.494 e. The first-order valence-electron chi connectivity index (χ1n) is 14.4. The molecular formula is C30H37BrN8O5. The van der Waals surface area contributed by atoms with Crippen LogP contribution in [0, 0.1) is 10.1 Å². The van der Waals surface area contributed by atoms with Crippen LogP contribution in [0.1, 0.15) is 50.2 Å². The van der Waals surface area contributed by atoms with Gasteiger partial charge in [0, 0.05) is 49.4 Å². The maximum atomic E-state index is 13.2. The highest BCUT2D eigenvalue weighted by Crippen LogP contribution is 2.45. The molecule has 0 amide bonds. The van der Waals surface area contributed by atoms with E-state index in [1.54, 1.807) is 19.9 Å². The van der Waals surface area contributed by atoms with Crippen molar-refractivity contribution in [1.29, 1.82) is 0 Å². The molecule has 1 fully saturated rings. The van der Waals surface area contributed by atoms with Crippen LogP contribution in [-0.4, -0.2) is 83.7 Å². The number of ether oxygens (including phenoxy) is 2. The first kappa shape index (κ1) is 31.4. The average Bonchev–Trinajstić information content (AvgIpc) is 3.55. The molecule has 5 rings (SSSR count). The van der Waals surface area contributed by atoms with Gasteiger partial charge in [-0.25, -0.2) is 14.8 Å². The van der Waals surface area contributed by atoms with Crippen LogP contribution in [0.2, 0.25) is 0 Å². The summed E-state index contributed by atoms with van der Waals surface area (Å²) in [7, 11) is 5.53. The van der Waals surface area contributed by atoms with Gasteiger partial charge in [-0.2, -0.15) is 4.98 Å². The van der Waals surface area contributed by atoms with Crippen molar-refractivity contribution >= 4 is 56.4 Å². The number of pyridine rings is 1. The molecule has 3 aromatic rings. The number of methoxy groups -OCH3 is 1. The van der Waals surface area contributed by atoms with Crippen molar-refractivity contribution in [2.24, 2.45) is 0 Å². The molecule has 0 saturated carbocycles. The van der Waals surface area contributed by atoms with Crippen molar-refractivity contribution < 1.29 is 19.2 Å². The molecule has 1 saturated heterocycles. The lowest BCUT2D eigenvalue weighted by atomic mass is 9.91. The third-order valence-corrected chi connectivity index (χ3v) is 8.33. The van der Waals surface area contributed by atoms with E-state index in [9.17, 15) is 14.9 Å². The van der Waals surface area contributed by atoms with Gasteiger partial charge in [-0.3, -0.25) is 10.1 Å². The minimum absolute atomic E-state index is 0.0584. The number of nitrogens with zero attached hydrogens (tertiary/aromatic N) is 7. The van der Waals surface area contributed by atoms with Gasteiger partial charge in [0.25, 0.3) is 5.69 Å². The smallest absolute Gasteiger partial charge is 0.343 e. The molecule has 0 radical (unpaired) electrons. The van der Waals surface area contributed by atoms with Crippen molar-refractivity contribution in [3.63, 3.8) is 0 Å². The normalized spacial score (nSPS) is 17.3. The number of hydrogen-bond donors (Lipinski definition) is 1. The number of hydrogen-bond acceptors (Lipinski definition) is 12.